The number of anilines is 6. The van der Waals surface area contributed by atoms with Gasteiger partial charge in [-0.3, -0.25) is 0 Å². The molecule has 0 saturated heterocycles. The lowest BCUT2D eigenvalue weighted by molar-refractivity contribution is 0.524. The van der Waals surface area contributed by atoms with Gasteiger partial charge in [0, 0.05) is 39.5 Å². The smallest absolute Gasteiger partial charge is 0.247 e. The summed E-state index contributed by atoms with van der Waals surface area (Å²) in [6.45, 7) is 19.2. The second-order valence-electron chi connectivity index (χ2n) is 18.8. The number of benzene rings is 7. The van der Waals surface area contributed by atoms with Gasteiger partial charge in [0.25, 0.3) is 0 Å². The molecular weight excluding hydrogens is 687 g/mol. The first-order chi connectivity index (χ1) is 27.4. The number of aryl methyl sites for hydroxylation is 1. The molecule has 2 nitrogen and oxygen atoms in total. The molecule has 7 aromatic carbocycles. The molecule has 0 aromatic heterocycles. The topological polar surface area (TPSA) is 6.48 Å². The Morgan fingerprint density at radius 3 is 2.00 bits per heavy atom. The standard InChI is InChI=1S/C54H53BN2/c1-34-18-24-41(25-19-34)57-50-27-23-39(53(4,5)6)29-49(50)55-48-33-45-36(3)21-20-35(2)44(45)32-46(48)54(7,8)47-30-43(31-51(57)52(47)55)56(40-16-10-9-11-17-40)42-26-22-37-14-12-13-15-38(37)28-42/h9-19,22-33,35-36H,20-21H2,1-8H3. The monoisotopic (exact) mass is 740 g/mol. The van der Waals surface area contributed by atoms with E-state index in [9.17, 15) is 0 Å². The number of hydrogen-bond acceptors (Lipinski definition) is 2. The molecular formula is C54H53BN2. The lowest BCUT2D eigenvalue weighted by Crippen LogP contribution is -2.64. The van der Waals surface area contributed by atoms with E-state index in [1.165, 1.54) is 85.0 Å². The fourth-order valence-corrected chi connectivity index (χ4v) is 10.4. The van der Waals surface area contributed by atoms with Crippen LogP contribution >= 0.6 is 0 Å². The third-order valence-corrected chi connectivity index (χ3v) is 13.7. The van der Waals surface area contributed by atoms with Crippen molar-refractivity contribution in [1.82, 2.24) is 0 Å². The molecule has 0 N–H and O–H groups in total. The molecule has 2 aliphatic heterocycles. The molecule has 0 fully saturated rings. The minimum absolute atomic E-state index is 0.0172. The van der Waals surface area contributed by atoms with Gasteiger partial charge in [-0.1, -0.05) is 144 Å². The van der Waals surface area contributed by atoms with Gasteiger partial charge in [0.15, 0.2) is 0 Å². The Morgan fingerprint density at radius 2 is 1.28 bits per heavy atom. The lowest BCUT2D eigenvalue weighted by Gasteiger charge is -2.47. The number of nitrogens with zero attached hydrogens (tertiary/aromatic N) is 2. The Morgan fingerprint density at radius 1 is 0.596 bits per heavy atom. The first-order valence-electron chi connectivity index (χ1n) is 21.1. The molecule has 0 bridgehead atoms. The predicted octanol–water partition coefficient (Wildman–Crippen LogP) is 12.9. The van der Waals surface area contributed by atoms with Crippen molar-refractivity contribution < 1.29 is 0 Å². The van der Waals surface area contributed by atoms with Crippen LogP contribution in [0.3, 0.4) is 0 Å². The summed E-state index contributed by atoms with van der Waals surface area (Å²) in [6.07, 6.45) is 2.50. The van der Waals surface area contributed by atoms with Crippen LogP contribution in [0, 0.1) is 6.92 Å². The highest BCUT2D eigenvalue weighted by Gasteiger charge is 2.47. The third-order valence-electron chi connectivity index (χ3n) is 13.7. The minimum atomic E-state index is -0.245. The summed E-state index contributed by atoms with van der Waals surface area (Å²) in [5.74, 6) is 1.12. The van der Waals surface area contributed by atoms with E-state index in [-0.39, 0.29) is 17.5 Å². The van der Waals surface area contributed by atoms with Gasteiger partial charge in [0.05, 0.1) is 0 Å². The first kappa shape index (κ1) is 35.8. The molecule has 1 aliphatic carbocycles. The average Bonchev–Trinajstić information content (AvgIpc) is 3.20. The summed E-state index contributed by atoms with van der Waals surface area (Å²) in [6, 6.07) is 53.4. The molecule has 0 radical (unpaired) electrons. The van der Waals surface area contributed by atoms with Crippen molar-refractivity contribution in [2.45, 2.75) is 90.9 Å². The van der Waals surface area contributed by atoms with Crippen LogP contribution in [-0.2, 0) is 10.8 Å². The highest BCUT2D eigenvalue weighted by molar-refractivity contribution is 6.99. The summed E-state index contributed by atoms with van der Waals surface area (Å²) in [4.78, 5) is 5.06. The Bertz CT molecular complexity index is 2700. The molecule has 0 spiro atoms. The fourth-order valence-electron chi connectivity index (χ4n) is 10.4. The van der Waals surface area contributed by atoms with Crippen LogP contribution in [0.5, 0.6) is 0 Å². The van der Waals surface area contributed by atoms with Crippen molar-refractivity contribution in [3.63, 3.8) is 0 Å². The van der Waals surface area contributed by atoms with Crippen LogP contribution in [0.25, 0.3) is 10.8 Å². The van der Waals surface area contributed by atoms with Gasteiger partial charge >= 0.3 is 0 Å². The number of para-hydroxylation sites is 1. The maximum absolute atomic E-state index is 2.67. The second kappa shape index (κ2) is 13.0. The normalized spacial score (nSPS) is 17.8. The predicted molar refractivity (Wildman–Crippen MR) is 246 cm³/mol. The highest BCUT2D eigenvalue weighted by atomic mass is 15.2. The van der Waals surface area contributed by atoms with E-state index >= 15 is 0 Å². The maximum Gasteiger partial charge on any atom is 0.247 e. The molecule has 57 heavy (non-hydrogen) atoms. The van der Waals surface area contributed by atoms with Crippen LogP contribution in [0.15, 0.2) is 140 Å². The Balaban J connectivity index is 1.32. The average molecular weight is 741 g/mol. The molecule has 2 atom stereocenters. The van der Waals surface area contributed by atoms with Gasteiger partial charge in [-0.25, -0.2) is 0 Å². The van der Waals surface area contributed by atoms with Crippen molar-refractivity contribution in [3.05, 3.63) is 173 Å². The van der Waals surface area contributed by atoms with Crippen LogP contribution in [0.2, 0.25) is 0 Å². The van der Waals surface area contributed by atoms with Crippen molar-refractivity contribution in [1.29, 1.82) is 0 Å². The van der Waals surface area contributed by atoms with Gasteiger partial charge in [-0.2, -0.15) is 0 Å². The Kier molecular flexibility index (Phi) is 8.18. The minimum Gasteiger partial charge on any atom is -0.311 e. The van der Waals surface area contributed by atoms with Gasteiger partial charge in [0.2, 0.25) is 6.71 Å². The molecule has 2 unspecified atom stereocenters. The van der Waals surface area contributed by atoms with Gasteiger partial charge in [0.1, 0.15) is 0 Å². The molecule has 0 saturated carbocycles. The molecule has 2 heterocycles. The van der Waals surface area contributed by atoms with Crippen molar-refractivity contribution >= 4 is 68.0 Å². The molecule has 7 aromatic rings. The van der Waals surface area contributed by atoms with Crippen molar-refractivity contribution in [2.24, 2.45) is 0 Å². The SMILES string of the molecule is Cc1ccc(N2c3ccc(C(C)(C)C)cc3B3c4cc5c(cc4C(C)(C)c4cc(N(c6ccccc6)c6ccc7ccccc7c6)cc2c43)C(C)CCC5C)cc1. The van der Waals surface area contributed by atoms with Gasteiger partial charge in [-0.05, 0) is 141 Å². The largest absolute Gasteiger partial charge is 0.311 e. The summed E-state index contributed by atoms with van der Waals surface area (Å²) < 4.78 is 0. The van der Waals surface area contributed by atoms with Gasteiger partial charge < -0.3 is 9.80 Å². The first-order valence-corrected chi connectivity index (χ1v) is 21.1. The maximum atomic E-state index is 2.67. The molecule has 10 rings (SSSR count). The van der Waals surface area contributed by atoms with E-state index in [0.717, 1.165) is 11.4 Å². The summed E-state index contributed by atoms with van der Waals surface area (Å²) in [7, 11) is 0. The lowest BCUT2D eigenvalue weighted by atomic mass is 9.29. The number of fused-ring (bicyclic) bond motifs is 6. The van der Waals surface area contributed by atoms with Crippen LogP contribution in [-0.4, -0.2) is 6.71 Å². The molecule has 3 aliphatic rings. The van der Waals surface area contributed by atoms with E-state index in [0.29, 0.717) is 11.8 Å². The zero-order valence-electron chi connectivity index (χ0n) is 34.8. The van der Waals surface area contributed by atoms with Crippen molar-refractivity contribution in [2.75, 3.05) is 9.80 Å². The van der Waals surface area contributed by atoms with Crippen LogP contribution in [0.1, 0.15) is 107 Å². The zero-order valence-corrected chi connectivity index (χ0v) is 34.8. The molecule has 3 heteroatoms. The van der Waals surface area contributed by atoms with E-state index in [1.54, 1.807) is 11.1 Å². The van der Waals surface area contributed by atoms with Crippen LogP contribution in [0.4, 0.5) is 34.1 Å². The second-order valence-corrected chi connectivity index (χ2v) is 18.8. The Hall–Kier alpha value is -5.54. The Labute approximate surface area is 340 Å². The molecule has 282 valence electrons. The highest BCUT2D eigenvalue weighted by Crippen LogP contribution is 2.49. The van der Waals surface area contributed by atoms with E-state index in [1.807, 2.05) is 0 Å². The third kappa shape index (κ3) is 5.68. The van der Waals surface area contributed by atoms with Crippen LogP contribution < -0.4 is 26.2 Å². The summed E-state index contributed by atoms with van der Waals surface area (Å²) >= 11 is 0. The zero-order chi connectivity index (χ0) is 39.4. The van der Waals surface area contributed by atoms with E-state index < -0.39 is 0 Å². The van der Waals surface area contributed by atoms with Crippen molar-refractivity contribution in [3.8, 4) is 0 Å². The quantitative estimate of drug-likeness (QED) is 0.166. The number of rotatable bonds is 4. The fraction of sp³-hybridized carbons (Fsp3) is 0.259. The van der Waals surface area contributed by atoms with E-state index in [2.05, 4.69) is 205 Å². The molecule has 0 amide bonds. The summed E-state index contributed by atoms with van der Waals surface area (Å²) in [5.41, 5.74) is 20.0. The van der Waals surface area contributed by atoms with Gasteiger partial charge in [-0.15, -0.1) is 0 Å². The summed E-state index contributed by atoms with van der Waals surface area (Å²) in [5, 5.41) is 2.49. The number of hydrogen-bond donors (Lipinski definition) is 0. The van der Waals surface area contributed by atoms with E-state index in [4.69, 9.17) is 0 Å².